The van der Waals surface area contributed by atoms with Crippen LogP contribution in [-0.4, -0.2) is 72.2 Å². The highest BCUT2D eigenvalue weighted by atomic mass is 16.6. The van der Waals surface area contributed by atoms with Crippen LogP contribution in [0.25, 0.3) is 0 Å². The van der Waals surface area contributed by atoms with E-state index in [1.807, 2.05) is 36.2 Å². The Morgan fingerprint density at radius 1 is 1.03 bits per heavy atom. The summed E-state index contributed by atoms with van der Waals surface area (Å²) in [5.41, 5.74) is 1.29. The number of carboxylic acid groups (broad SMARTS) is 1. The fourth-order valence-electron chi connectivity index (χ4n) is 3.70. The molecule has 3 rings (SSSR count). The van der Waals surface area contributed by atoms with E-state index in [0.717, 1.165) is 17.8 Å². The molecule has 0 unspecified atom stereocenters. The van der Waals surface area contributed by atoms with Gasteiger partial charge in [-0.05, 0) is 69.8 Å². The van der Waals surface area contributed by atoms with E-state index in [-0.39, 0.29) is 17.9 Å². The van der Waals surface area contributed by atoms with E-state index in [4.69, 9.17) is 9.84 Å². The van der Waals surface area contributed by atoms with Crippen molar-refractivity contribution in [3.8, 4) is 0 Å². The Kier molecular flexibility index (Phi) is 8.31. The first-order valence-corrected chi connectivity index (χ1v) is 11.6. The number of alkyl carbamates (subject to hydrolysis) is 1. The van der Waals surface area contributed by atoms with Crippen molar-refractivity contribution in [1.29, 1.82) is 0 Å². The summed E-state index contributed by atoms with van der Waals surface area (Å²) < 4.78 is 5.32. The largest absolute Gasteiger partial charge is 0.478 e. The molecular weight excluding hydrogens is 464 g/mol. The number of aromatic carboxylic acids is 1. The fourth-order valence-corrected chi connectivity index (χ4v) is 3.70. The molecule has 0 saturated carbocycles. The fraction of sp³-hybridized carbons (Fsp3) is 0.385. The molecule has 3 N–H and O–H groups in total. The molecule has 10 nitrogen and oxygen atoms in total. The molecular formula is C26H32N4O6. The number of nitrogens with one attached hydrogen (secondary N) is 2. The van der Waals surface area contributed by atoms with Crippen LogP contribution in [0.5, 0.6) is 0 Å². The SMILES string of the molecule is CN1CCN(c2ccc(C[C@H](NC(=O)OC(C)(C)C)C(=O)Nc3ccc(C(=O)O)cc3)cc2)C(=O)C1. The summed E-state index contributed by atoms with van der Waals surface area (Å²) in [5, 5.41) is 14.4. The number of carbonyl (C=O) groups is 4. The zero-order valence-electron chi connectivity index (χ0n) is 20.9. The lowest BCUT2D eigenvalue weighted by Gasteiger charge is -2.32. The first-order chi connectivity index (χ1) is 16.9. The normalized spacial score (nSPS) is 15.2. The van der Waals surface area contributed by atoms with Gasteiger partial charge < -0.3 is 25.4 Å². The van der Waals surface area contributed by atoms with E-state index in [1.165, 1.54) is 24.3 Å². The van der Waals surface area contributed by atoms with Crippen molar-refractivity contribution in [2.75, 3.05) is 36.9 Å². The van der Waals surface area contributed by atoms with Crippen LogP contribution in [0.3, 0.4) is 0 Å². The number of nitrogens with zero attached hydrogens (tertiary/aromatic N) is 2. The summed E-state index contributed by atoms with van der Waals surface area (Å²) in [7, 11) is 1.90. The molecule has 36 heavy (non-hydrogen) atoms. The quantitative estimate of drug-likeness (QED) is 0.538. The third kappa shape index (κ3) is 7.54. The van der Waals surface area contributed by atoms with Gasteiger partial charge in [0.1, 0.15) is 11.6 Å². The third-order valence-electron chi connectivity index (χ3n) is 5.51. The average Bonchev–Trinajstić information content (AvgIpc) is 2.78. The van der Waals surface area contributed by atoms with Crippen molar-refractivity contribution in [2.24, 2.45) is 0 Å². The number of ether oxygens (including phenoxy) is 1. The van der Waals surface area contributed by atoms with Crippen LogP contribution in [0.15, 0.2) is 48.5 Å². The molecule has 0 radical (unpaired) electrons. The molecule has 0 spiro atoms. The van der Waals surface area contributed by atoms with Crippen LogP contribution in [0, 0.1) is 0 Å². The minimum atomic E-state index is -1.07. The number of hydrogen-bond acceptors (Lipinski definition) is 6. The molecule has 1 fully saturated rings. The number of hydrogen-bond donors (Lipinski definition) is 3. The van der Waals surface area contributed by atoms with Gasteiger partial charge >= 0.3 is 12.1 Å². The van der Waals surface area contributed by atoms with Gasteiger partial charge in [-0.3, -0.25) is 14.5 Å². The summed E-state index contributed by atoms with van der Waals surface area (Å²) in [6.07, 6.45) is -0.557. The highest BCUT2D eigenvalue weighted by Gasteiger charge is 2.26. The van der Waals surface area contributed by atoms with Crippen molar-refractivity contribution in [3.05, 3.63) is 59.7 Å². The number of amides is 3. The smallest absolute Gasteiger partial charge is 0.408 e. The van der Waals surface area contributed by atoms with Gasteiger partial charge in [0.05, 0.1) is 12.1 Å². The van der Waals surface area contributed by atoms with Crippen LogP contribution >= 0.6 is 0 Å². The maximum atomic E-state index is 13.1. The van der Waals surface area contributed by atoms with Gasteiger partial charge in [0.25, 0.3) is 0 Å². The second kappa shape index (κ2) is 11.2. The Morgan fingerprint density at radius 2 is 1.67 bits per heavy atom. The molecule has 1 saturated heterocycles. The van der Waals surface area contributed by atoms with Crippen LogP contribution in [-0.2, 0) is 20.7 Å². The predicted molar refractivity (Wildman–Crippen MR) is 135 cm³/mol. The van der Waals surface area contributed by atoms with Crippen molar-refractivity contribution in [2.45, 2.75) is 38.8 Å². The molecule has 1 aliphatic rings. The van der Waals surface area contributed by atoms with Crippen LogP contribution in [0.1, 0.15) is 36.7 Å². The lowest BCUT2D eigenvalue weighted by atomic mass is 10.0. The van der Waals surface area contributed by atoms with E-state index in [1.54, 1.807) is 25.7 Å². The zero-order valence-corrected chi connectivity index (χ0v) is 20.9. The summed E-state index contributed by atoms with van der Waals surface area (Å²) in [4.78, 5) is 52.6. The first kappa shape index (κ1) is 26.7. The van der Waals surface area contributed by atoms with E-state index < -0.39 is 29.6 Å². The van der Waals surface area contributed by atoms with Gasteiger partial charge in [0, 0.05) is 30.9 Å². The van der Waals surface area contributed by atoms with Crippen molar-refractivity contribution in [1.82, 2.24) is 10.2 Å². The Morgan fingerprint density at radius 3 is 2.22 bits per heavy atom. The third-order valence-corrected chi connectivity index (χ3v) is 5.51. The van der Waals surface area contributed by atoms with Crippen LogP contribution < -0.4 is 15.5 Å². The highest BCUT2D eigenvalue weighted by molar-refractivity contribution is 5.97. The molecule has 0 aromatic heterocycles. The maximum Gasteiger partial charge on any atom is 0.408 e. The Hall–Kier alpha value is -3.92. The Labute approximate surface area is 210 Å². The summed E-state index contributed by atoms with van der Waals surface area (Å²) in [6.45, 7) is 6.92. The van der Waals surface area contributed by atoms with Gasteiger partial charge in [-0.25, -0.2) is 9.59 Å². The number of carbonyl (C=O) groups excluding carboxylic acids is 3. The first-order valence-electron chi connectivity index (χ1n) is 11.6. The molecule has 3 amide bonds. The van der Waals surface area contributed by atoms with E-state index >= 15 is 0 Å². The number of carboxylic acids is 1. The van der Waals surface area contributed by atoms with Crippen molar-refractivity contribution in [3.63, 3.8) is 0 Å². The average molecular weight is 497 g/mol. The number of benzene rings is 2. The Bertz CT molecular complexity index is 1110. The minimum absolute atomic E-state index is 0.0225. The summed E-state index contributed by atoms with van der Waals surface area (Å²) in [6, 6.07) is 12.0. The van der Waals surface area contributed by atoms with Gasteiger partial charge in [-0.2, -0.15) is 0 Å². The topological polar surface area (TPSA) is 128 Å². The second-order valence-electron chi connectivity index (χ2n) is 9.72. The van der Waals surface area contributed by atoms with Crippen molar-refractivity contribution < 1.29 is 29.0 Å². The number of piperazine rings is 1. The molecule has 2 aromatic carbocycles. The van der Waals surface area contributed by atoms with E-state index in [0.29, 0.717) is 18.8 Å². The molecule has 0 bridgehead atoms. The maximum absolute atomic E-state index is 13.1. The van der Waals surface area contributed by atoms with E-state index in [9.17, 15) is 19.2 Å². The number of rotatable bonds is 7. The minimum Gasteiger partial charge on any atom is -0.478 e. The molecule has 2 aromatic rings. The lowest BCUT2D eigenvalue weighted by molar-refractivity contribution is -0.121. The van der Waals surface area contributed by atoms with Crippen molar-refractivity contribution >= 4 is 35.3 Å². The predicted octanol–water partition coefficient (Wildman–Crippen LogP) is 2.74. The summed E-state index contributed by atoms with van der Waals surface area (Å²) >= 11 is 0. The number of likely N-dealkylation sites (N-methyl/N-ethyl adjacent to an activating group) is 1. The standard InChI is InChI=1S/C26H32N4O6/c1-26(2,3)36-25(35)28-21(23(32)27-19-9-7-18(8-10-19)24(33)34)15-17-5-11-20(12-6-17)30-14-13-29(4)16-22(30)31/h5-12,21H,13-16H2,1-4H3,(H,27,32)(H,28,35)(H,33,34)/t21-/m0/s1. The van der Waals surface area contributed by atoms with Gasteiger partial charge in [-0.1, -0.05) is 12.1 Å². The Balaban J connectivity index is 1.74. The number of anilines is 2. The highest BCUT2D eigenvalue weighted by Crippen LogP contribution is 2.19. The molecule has 0 aliphatic carbocycles. The molecule has 1 aliphatic heterocycles. The van der Waals surface area contributed by atoms with Crippen LogP contribution in [0.4, 0.5) is 16.2 Å². The molecule has 1 heterocycles. The lowest BCUT2D eigenvalue weighted by Crippen LogP contribution is -2.49. The van der Waals surface area contributed by atoms with Gasteiger partial charge in [0.15, 0.2) is 0 Å². The molecule has 1 atom stereocenters. The monoisotopic (exact) mass is 496 g/mol. The molecule has 192 valence electrons. The van der Waals surface area contributed by atoms with Crippen LogP contribution in [0.2, 0.25) is 0 Å². The van der Waals surface area contributed by atoms with Gasteiger partial charge in [0.2, 0.25) is 11.8 Å². The zero-order chi connectivity index (χ0) is 26.5. The second-order valence-corrected chi connectivity index (χ2v) is 9.72. The van der Waals surface area contributed by atoms with Gasteiger partial charge in [-0.15, -0.1) is 0 Å². The molecule has 10 heteroatoms. The summed E-state index contributed by atoms with van der Waals surface area (Å²) in [5.74, 6) is -1.53. The van der Waals surface area contributed by atoms with E-state index in [2.05, 4.69) is 10.6 Å².